The Hall–Kier alpha value is -1.87. The number of benzene rings is 2. The molecule has 0 fully saturated rings. The summed E-state index contributed by atoms with van der Waals surface area (Å²) in [6.45, 7) is 0.253. The van der Waals surface area contributed by atoms with Crippen molar-refractivity contribution in [3.05, 3.63) is 42.2 Å². The van der Waals surface area contributed by atoms with Gasteiger partial charge in [0.2, 0.25) is 0 Å². The number of H-pyrrole nitrogens is 1. The van der Waals surface area contributed by atoms with Crippen molar-refractivity contribution < 1.29 is 5.11 Å². The number of hydrogen-bond acceptors (Lipinski definition) is 2. The first-order chi connectivity index (χ1) is 8.88. The Morgan fingerprint density at radius 3 is 2.83 bits per heavy atom. The highest BCUT2D eigenvalue weighted by atomic mass is 16.2. The Balaban J connectivity index is 2.03. The maximum absolute atomic E-state index is 8.79. The van der Waals surface area contributed by atoms with E-state index in [0.717, 1.165) is 36.1 Å². The summed E-state index contributed by atoms with van der Waals surface area (Å²) in [5, 5.41) is 11.2. The largest absolute Gasteiger partial charge is 0.396 e. The number of aliphatic hydroxyl groups is 1. The van der Waals surface area contributed by atoms with Gasteiger partial charge < -0.3 is 10.1 Å². The lowest BCUT2D eigenvalue weighted by atomic mass is 10.1. The van der Waals surface area contributed by atoms with Gasteiger partial charge >= 0.3 is 0 Å². The third-order valence-electron chi connectivity index (χ3n) is 3.25. The molecule has 0 aliphatic heterocycles. The van der Waals surface area contributed by atoms with Crippen molar-refractivity contribution in [3.8, 4) is 0 Å². The lowest BCUT2D eigenvalue weighted by Gasteiger charge is -1.96. The first-order valence-corrected chi connectivity index (χ1v) is 6.36. The monoisotopic (exact) mass is 240 g/mol. The summed E-state index contributed by atoms with van der Waals surface area (Å²) in [4.78, 5) is 8.03. The van der Waals surface area contributed by atoms with Gasteiger partial charge in [0.15, 0.2) is 0 Å². The zero-order valence-electron chi connectivity index (χ0n) is 10.2. The molecule has 2 aromatic carbocycles. The molecule has 3 rings (SSSR count). The summed E-state index contributed by atoms with van der Waals surface area (Å²) in [5.74, 6) is 1.01. The van der Waals surface area contributed by atoms with E-state index >= 15 is 0 Å². The van der Waals surface area contributed by atoms with Gasteiger partial charge in [-0.2, -0.15) is 0 Å². The van der Waals surface area contributed by atoms with Gasteiger partial charge in [-0.3, -0.25) is 0 Å². The standard InChI is InChI=1S/C15H16N2O/c18-10-4-3-7-14-16-13-9-8-11-5-1-2-6-12(11)15(13)17-14/h1-2,5-6,8-9,18H,3-4,7,10H2,(H,16,17). The van der Waals surface area contributed by atoms with Crippen LogP contribution in [0.15, 0.2) is 36.4 Å². The molecule has 0 unspecified atom stereocenters. The Kier molecular flexibility index (Phi) is 2.99. The number of unbranched alkanes of at least 4 members (excludes halogenated alkanes) is 1. The molecule has 3 aromatic rings. The van der Waals surface area contributed by atoms with Crippen molar-refractivity contribution in [2.24, 2.45) is 0 Å². The molecule has 0 aliphatic rings. The molecule has 0 amide bonds. The van der Waals surface area contributed by atoms with E-state index in [-0.39, 0.29) is 6.61 Å². The van der Waals surface area contributed by atoms with Crippen molar-refractivity contribution in [1.82, 2.24) is 9.97 Å². The molecule has 3 heteroatoms. The number of rotatable bonds is 4. The summed E-state index contributed by atoms with van der Waals surface area (Å²) in [6.07, 6.45) is 2.69. The summed E-state index contributed by atoms with van der Waals surface area (Å²) < 4.78 is 0. The molecule has 2 N–H and O–H groups in total. The summed E-state index contributed by atoms with van der Waals surface area (Å²) >= 11 is 0. The predicted molar refractivity (Wildman–Crippen MR) is 73.6 cm³/mol. The predicted octanol–water partition coefficient (Wildman–Crippen LogP) is 3.03. The molecule has 0 spiro atoms. The average molecular weight is 240 g/mol. The third-order valence-corrected chi connectivity index (χ3v) is 3.25. The number of aromatic amines is 1. The first kappa shape index (κ1) is 11.2. The lowest BCUT2D eigenvalue weighted by molar-refractivity contribution is 0.284. The van der Waals surface area contributed by atoms with Crippen molar-refractivity contribution in [3.63, 3.8) is 0 Å². The van der Waals surface area contributed by atoms with Crippen LogP contribution in [0.3, 0.4) is 0 Å². The zero-order valence-corrected chi connectivity index (χ0v) is 10.2. The highest BCUT2D eigenvalue weighted by Crippen LogP contribution is 2.23. The van der Waals surface area contributed by atoms with Crippen molar-refractivity contribution in [2.75, 3.05) is 6.61 Å². The van der Waals surface area contributed by atoms with Gasteiger partial charge in [0.25, 0.3) is 0 Å². The highest BCUT2D eigenvalue weighted by molar-refractivity contribution is 6.04. The molecule has 3 nitrogen and oxygen atoms in total. The van der Waals surface area contributed by atoms with Gasteiger partial charge in [0.05, 0.1) is 11.0 Å². The number of imidazole rings is 1. The molecule has 1 heterocycles. The Bertz CT molecular complexity index is 672. The molecule has 0 bridgehead atoms. The smallest absolute Gasteiger partial charge is 0.107 e. The Morgan fingerprint density at radius 1 is 1.06 bits per heavy atom. The van der Waals surface area contributed by atoms with Crippen molar-refractivity contribution in [1.29, 1.82) is 0 Å². The van der Waals surface area contributed by atoms with E-state index in [0.29, 0.717) is 0 Å². The average Bonchev–Trinajstić information content (AvgIpc) is 2.82. The number of aromatic nitrogens is 2. The van der Waals surface area contributed by atoms with Gasteiger partial charge in [-0.25, -0.2) is 4.98 Å². The molecule has 0 saturated heterocycles. The minimum Gasteiger partial charge on any atom is -0.396 e. The van der Waals surface area contributed by atoms with Crippen LogP contribution in [0.5, 0.6) is 0 Å². The SMILES string of the molecule is OCCCCc1nc2c(ccc3ccccc32)[nH]1. The number of nitrogens with one attached hydrogen (secondary N) is 1. The fourth-order valence-electron chi connectivity index (χ4n) is 2.32. The quantitative estimate of drug-likeness (QED) is 0.689. The molecule has 92 valence electrons. The fourth-order valence-corrected chi connectivity index (χ4v) is 2.32. The minimum absolute atomic E-state index is 0.253. The second-order valence-corrected chi connectivity index (χ2v) is 4.55. The maximum Gasteiger partial charge on any atom is 0.107 e. The van der Waals surface area contributed by atoms with Crippen LogP contribution in [0.25, 0.3) is 21.8 Å². The van der Waals surface area contributed by atoms with E-state index in [1.54, 1.807) is 0 Å². The first-order valence-electron chi connectivity index (χ1n) is 6.36. The van der Waals surface area contributed by atoms with E-state index in [9.17, 15) is 0 Å². The zero-order chi connectivity index (χ0) is 12.4. The molecule has 0 aliphatic carbocycles. The summed E-state index contributed by atoms with van der Waals surface area (Å²) in [6, 6.07) is 12.5. The number of aryl methyl sites for hydroxylation is 1. The van der Waals surface area contributed by atoms with Gasteiger partial charge in [-0.15, -0.1) is 0 Å². The summed E-state index contributed by atoms with van der Waals surface area (Å²) in [7, 11) is 0. The van der Waals surface area contributed by atoms with E-state index in [2.05, 4.69) is 34.2 Å². The van der Waals surface area contributed by atoms with Crippen LogP contribution in [0.2, 0.25) is 0 Å². The molecule has 1 aromatic heterocycles. The third kappa shape index (κ3) is 1.97. The van der Waals surface area contributed by atoms with Gasteiger partial charge in [-0.1, -0.05) is 30.3 Å². The maximum atomic E-state index is 8.79. The highest BCUT2D eigenvalue weighted by Gasteiger charge is 2.05. The van der Waals surface area contributed by atoms with Crippen LogP contribution >= 0.6 is 0 Å². The fraction of sp³-hybridized carbons (Fsp3) is 0.267. The van der Waals surface area contributed by atoms with Crippen LogP contribution in [-0.2, 0) is 6.42 Å². The van der Waals surface area contributed by atoms with Crippen LogP contribution in [0.1, 0.15) is 18.7 Å². The number of aliphatic hydroxyl groups excluding tert-OH is 1. The van der Waals surface area contributed by atoms with E-state index < -0.39 is 0 Å². The molecule has 0 atom stereocenters. The normalized spacial score (nSPS) is 11.4. The van der Waals surface area contributed by atoms with Crippen LogP contribution in [0.4, 0.5) is 0 Å². The topological polar surface area (TPSA) is 48.9 Å². The number of nitrogens with zero attached hydrogens (tertiary/aromatic N) is 1. The number of fused-ring (bicyclic) bond motifs is 3. The van der Waals surface area contributed by atoms with Crippen molar-refractivity contribution in [2.45, 2.75) is 19.3 Å². The molecule has 0 radical (unpaired) electrons. The minimum atomic E-state index is 0.253. The Morgan fingerprint density at radius 2 is 1.94 bits per heavy atom. The van der Waals surface area contributed by atoms with E-state index in [1.807, 2.05) is 12.1 Å². The Labute approximate surface area is 105 Å². The number of hydrogen-bond donors (Lipinski definition) is 2. The van der Waals surface area contributed by atoms with E-state index in [4.69, 9.17) is 5.11 Å². The molecule has 0 saturated carbocycles. The second-order valence-electron chi connectivity index (χ2n) is 4.55. The van der Waals surface area contributed by atoms with Gasteiger partial charge in [-0.05, 0) is 24.3 Å². The second kappa shape index (κ2) is 4.78. The molecule has 18 heavy (non-hydrogen) atoms. The van der Waals surface area contributed by atoms with E-state index in [1.165, 1.54) is 10.8 Å². The van der Waals surface area contributed by atoms with Crippen molar-refractivity contribution >= 4 is 21.8 Å². The van der Waals surface area contributed by atoms with Crippen LogP contribution in [0, 0.1) is 0 Å². The van der Waals surface area contributed by atoms with Gasteiger partial charge in [0.1, 0.15) is 5.82 Å². The summed E-state index contributed by atoms with van der Waals surface area (Å²) in [5.41, 5.74) is 2.14. The molecular formula is C15H16N2O. The van der Waals surface area contributed by atoms with Crippen LogP contribution < -0.4 is 0 Å². The van der Waals surface area contributed by atoms with Gasteiger partial charge in [0, 0.05) is 18.4 Å². The molecular weight excluding hydrogens is 224 g/mol. The van der Waals surface area contributed by atoms with Crippen LogP contribution in [-0.4, -0.2) is 21.7 Å². The lowest BCUT2D eigenvalue weighted by Crippen LogP contribution is -1.90.